The average Bonchev–Trinajstić information content (AvgIpc) is 2.91. The first-order valence-electron chi connectivity index (χ1n) is 6.64. The van der Waals surface area contributed by atoms with Crippen molar-refractivity contribution >= 4 is 17.9 Å². The standard InChI is InChI=1S/C15H18N2O4/c16-14(19)12-4-1-11(2-5-12)3-6-13(18)17-9-15(20)7-8-21-10-15/h1-6,20H,7-10H2,(H2,16,19)(H,17,18)/b6-3+. The van der Waals surface area contributed by atoms with Crippen LogP contribution < -0.4 is 11.1 Å². The van der Waals surface area contributed by atoms with E-state index in [2.05, 4.69) is 5.32 Å². The number of ether oxygens (including phenoxy) is 1. The van der Waals surface area contributed by atoms with Crippen molar-refractivity contribution in [2.24, 2.45) is 5.73 Å². The van der Waals surface area contributed by atoms with Crippen molar-refractivity contribution in [2.45, 2.75) is 12.0 Å². The maximum atomic E-state index is 11.7. The van der Waals surface area contributed by atoms with Crippen molar-refractivity contribution in [3.8, 4) is 0 Å². The molecule has 1 aliphatic rings. The van der Waals surface area contributed by atoms with Crippen LogP contribution in [0.1, 0.15) is 22.3 Å². The number of nitrogens with two attached hydrogens (primary N) is 1. The van der Waals surface area contributed by atoms with Crippen molar-refractivity contribution in [1.29, 1.82) is 0 Å². The van der Waals surface area contributed by atoms with E-state index >= 15 is 0 Å². The smallest absolute Gasteiger partial charge is 0.248 e. The summed E-state index contributed by atoms with van der Waals surface area (Å²) in [6.45, 7) is 0.913. The molecule has 6 nitrogen and oxygen atoms in total. The first-order chi connectivity index (χ1) is 9.98. The third-order valence-electron chi connectivity index (χ3n) is 3.30. The zero-order valence-corrected chi connectivity index (χ0v) is 11.5. The molecule has 1 saturated heterocycles. The number of benzene rings is 1. The largest absolute Gasteiger partial charge is 0.386 e. The van der Waals surface area contributed by atoms with Gasteiger partial charge < -0.3 is 20.9 Å². The lowest BCUT2D eigenvalue weighted by atomic mass is 10.0. The number of hydrogen-bond donors (Lipinski definition) is 3. The molecule has 0 radical (unpaired) electrons. The number of aliphatic hydroxyl groups is 1. The van der Waals surface area contributed by atoms with Gasteiger partial charge in [-0.05, 0) is 23.8 Å². The van der Waals surface area contributed by atoms with Gasteiger partial charge in [-0.3, -0.25) is 9.59 Å². The number of carbonyl (C=O) groups is 2. The molecule has 1 fully saturated rings. The van der Waals surface area contributed by atoms with E-state index in [-0.39, 0.29) is 19.1 Å². The quantitative estimate of drug-likeness (QED) is 0.668. The van der Waals surface area contributed by atoms with Crippen LogP contribution in [0.2, 0.25) is 0 Å². The van der Waals surface area contributed by atoms with Gasteiger partial charge in [-0.2, -0.15) is 0 Å². The highest BCUT2D eigenvalue weighted by molar-refractivity contribution is 5.94. The minimum atomic E-state index is -0.966. The minimum Gasteiger partial charge on any atom is -0.386 e. The lowest BCUT2D eigenvalue weighted by Gasteiger charge is -2.19. The van der Waals surface area contributed by atoms with Crippen LogP contribution >= 0.6 is 0 Å². The number of nitrogens with one attached hydrogen (secondary N) is 1. The summed E-state index contributed by atoms with van der Waals surface area (Å²) in [5, 5.41) is 12.6. The lowest BCUT2D eigenvalue weighted by molar-refractivity contribution is -0.117. The van der Waals surface area contributed by atoms with E-state index in [9.17, 15) is 14.7 Å². The summed E-state index contributed by atoms with van der Waals surface area (Å²) < 4.78 is 5.10. The molecule has 112 valence electrons. The van der Waals surface area contributed by atoms with Gasteiger partial charge in [-0.15, -0.1) is 0 Å². The van der Waals surface area contributed by atoms with Gasteiger partial charge in [0.2, 0.25) is 11.8 Å². The summed E-state index contributed by atoms with van der Waals surface area (Å²) in [5.74, 6) is -0.787. The fourth-order valence-corrected chi connectivity index (χ4v) is 1.98. The van der Waals surface area contributed by atoms with Crippen molar-refractivity contribution in [3.63, 3.8) is 0 Å². The monoisotopic (exact) mass is 290 g/mol. The summed E-state index contributed by atoms with van der Waals surface area (Å²) >= 11 is 0. The summed E-state index contributed by atoms with van der Waals surface area (Å²) in [6, 6.07) is 6.58. The second-order valence-corrected chi connectivity index (χ2v) is 5.06. The fraction of sp³-hybridized carbons (Fsp3) is 0.333. The molecular formula is C15H18N2O4. The number of rotatable bonds is 5. The van der Waals surface area contributed by atoms with Gasteiger partial charge in [-0.25, -0.2) is 0 Å². The molecule has 1 heterocycles. The van der Waals surface area contributed by atoms with Crippen LogP contribution in [0.5, 0.6) is 0 Å². The SMILES string of the molecule is NC(=O)c1ccc(/C=C/C(=O)NCC2(O)CCOC2)cc1. The van der Waals surface area contributed by atoms with Crippen LogP contribution in [0.3, 0.4) is 0 Å². The Labute approximate surface area is 122 Å². The van der Waals surface area contributed by atoms with Crippen LogP contribution in [0.4, 0.5) is 0 Å². The predicted molar refractivity (Wildman–Crippen MR) is 77.4 cm³/mol. The molecule has 1 aromatic rings. The summed E-state index contributed by atoms with van der Waals surface area (Å²) in [5.41, 5.74) is 5.37. The minimum absolute atomic E-state index is 0.163. The van der Waals surface area contributed by atoms with Gasteiger partial charge in [0.05, 0.1) is 6.61 Å². The molecule has 0 saturated carbocycles. The highest BCUT2D eigenvalue weighted by Crippen LogP contribution is 2.16. The van der Waals surface area contributed by atoms with E-state index < -0.39 is 11.5 Å². The van der Waals surface area contributed by atoms with E-state index in [0.29, 0.717) is 18.6 Å². The molecule has 1 atom stereocenters. The van der Waals surface area contributed by atoms with Gasteiger partial charge in [0.15, 0.2) is 0 Å². The van der Waals surface area contributed by atoms with Crippen molar-refractivity contribution in [3.05, 3.63) is 41.5 Å². The predicted octanol–water partition coefficient (Wildman–Crippen LogP) is 0.0663. The molecule has 2 amide bonds. The Bertz CT molecular complexity index is 545. The summed E-state index contributed by atoms with van der Waals surface area (Å²) in [4.78, 5) is 22.6. The fourth-order valence-electron chi connectivity index (χ4n) is 1.98. The van der Waals surface area contributed by atoms with Crippen molar-refractivity contribution < 1.29 is 19.4 Å². The summed E-state index contributed by atoms with van der Waals surface area (Å²) in [6.07, 6.45) is 3.51. The van der Waals surface area contributed by atoms with Gasteiger partial charge in [0, 0.05) is 31.2 Å². The van der Waals surface area contributed by atoms with Gasteiger partial charge in [0.25, 0.3) is 0 Å². The number of amides is 2. The Morgan fingerprint density at radius 2 is 2.10 bits per heavy atom. The third-order valence-corrected chi connectivity index (χ3v) is 3.30. The first-order valence-corrected chi connectivity index (χ1v) is 6.64. The molecule has 1 unspecified atom stereocenters. The second-order valence-electron chi connectivity index (χ2n) is 5.06. The van der Waals surface area contributed by atoms with Gasteiger partial charge >= 0.3 is 0 Å². The average molecular weight is 290 g/mol. The van der Waals surface area contributed by atoms with Crippen LogP contribution in [0.25, 0.3) is 6.08 Å². The molecular weight excluding hydrogens is 272 g/mol. The Balaban J connectivity index is 1.85. The van der Waals surface area contributed by atoms with Crippen molar-refractivity contribution in [1.82, 2.24) is 5.32 Å². The Hall–Kier alpha value is -2.18. The Morgan fingerprint density at radius 1 is 1.38 bits per heavy atom. The number of hydrogen-bond acceptors (Lipinski definition) is 4. The molecule has 0 spiro atoms. The second kappa shape index (κ2) is 6.51. The van der Waals surface area contributed by atoms with E-state index in [0.717, 1.165) is 5.56 Å². The Kier molecular flexibility index (Phi) is 4.72. The lowest BCUT2D eigenvalue weighted by Crippen LogP contribution is -2.42. The van der Waals surface area contributed by atoms with Crippen LogP contribution in [-0.2, 0) is 9.53 Å². The van der Waals surface area contributed by atoms with Crippen molar-refractivity contribution in [2.75, 3.05) is 19.8 Å². The highest BCUT2D eigenvalue weighted by Gasteiger charge is 2.32. The van der Waals surface area contributed by atoms with Crippen LogP contribution in [0.15, 0.2) is 30.3 Å². The normalized spacial score (nSPS) is 21.6. The molecule has 0 bridgehead atoms. The highest BCUT2D eigenvalue weighted by atomic mass is 16.5. The maximum Gasteiger partial charge on any atom is 0.248 e. The van der Waals surface area contributed by atoms with E-state index in [1.54, 1.807) is 30.3 Å². The molecule has 6 heteroatoms. The van der Waals surface area contributed by atoms with Crippen LogP contribution in [-0.4, -0.2) is 42.3 Å². The zero-order chi connectivity index (χ0) is 15.3. The van der Waals surface area contributed by atoms with Gasteiger partial charge in [0.1, 0.15) is 5.60 Å². The van der Waals surface area contributed by atoms with E-state index in [1.807, 2.05) is 0 Å². The van der Waals surface area contributed by atoms with Crippen LogP contribution in [0, 0.1) is 0 Å². The zero-order valence-electron chi connectivity index (χ0n) is 11.5. The molecule has 21 heavy (non-hydrogen) atoms. The summed E-state index contributed by atoms with van der Waals surface area (Å²) in [7, 11) is 0. The topological polar surface area (TPSA) is 102 Å². The number of primary amides is 1. The molecule has 0 aromatic heterocycles. The molecule has 0 aliphatic carbocycles. The Morgan fingerprint density at radius 3 is 2.67 bits per heavy atom. The van der Waals surface area contributed by atoms with Gasteiger partial charge in [-0.1, -0.05) is 12.1 Å². The molecule has 2 rings (SSSR count). The maximum absolute atomic E-state index is 11.7. The molecule has 1 aromatic carbocycles. The molecule has 4 N–H and O–H groups in total. The van der Waals surface area contributed by atoms with E-state index in [1.165, 1.54) is 6.08 Å². The first kappa shape index (κ1) is 15.2. The third kappa shape index (κ3) is 4.40. The number of carbonyl (C=O) groups excluding carboxylic acids is 2. The molecule has 1 aliphatic heterocycles. The van der Waals surface area contributed by atoms with E-state index in [4.69, 9.17) is 10.5 Å².